The average molecular weight is 608 g/mol. The Kier molecular flexibility index (Phi) is 14.7. The lowest BCUT2D eigenvalue weighted by Gasteiger charge is -2.34. The molecule has 2 aromatic rings. The van der Waals surface area contributed by atoms with Gasteiger partial charge in [0, 0.05) is 43.3 Å². The Balaban J connectivity index is 2.30. The highest BCUT2D eigenvalue weighted by Gasteiger charge is 2.42. The quantitative estimate of drug-likeness (QED) is 0.0744. The van der Waals surface area contributed by atoms with Gasteiger partial charge in [0.15, 0.2) is 0 Å². The van der Waals surface area contributed by atoms with Crippen LogP contribution in [-0.2, 0) is 31.4 Å². The topological polar surface area (TPSA) is 97.1 Å². The van der Waals surface area contributed by atoms with Crippen LogP contribution in [0.1, 0.15) is 36.8 Å². The summed E-state index contributed by atoms with van der Waals surface area (Å²) in [5.41, 5.74) is 9.09. The summed E-state index contributed by atoms with van der Waals surface area (Å²) < 4.78 is 44.5. The number of halogens is 2. The average Bonchev–Trinajstić information content (AvgIpc) is 2.92. The van der Waals surface area contributed by atoms with Crippen molar-refractivity contribution in [3.05, 3.63) is 59.7 Å². The zero-order chi connectivity index (χ0) is 28.0. The first-order valence-corrected chi connectivity index (χ1v) is 17.4. The van der Waals surface area contributed by atoms with Crippen molar-refractivity contribution >= 4 is 49.6 Å². The first kappa shape index (κ1) is 33.1. The fourth-order valence-corrected chi connectivity index (χ4v) is 10.2. The van der Waals surface area contributed by atoms with Gasteiger partial charge in [-0.3, -0.25) is 9.13 Å². The van der Waals surface area contributed by atoms with Gasteiger partial charge in [-0.2, -0.15) is 0 Å². The second-order valence-corrected chi connectivity index (χ2v) is 15.5. The highest BCUT2D eigenvalue weighted by Crippen LogP contribution is 2.66. The standard InChI is InChI=1S/C26H42Cl2N4O4P2/c1-30-26-14-10-24(11-15-26)21-36-38(34,32(3)19-7-5-17-28)22-37(33,31(2)18-6-4-16-27)35-20-23-8-12-25(29)13-9-23/h8-15,30H,4-7,16-22,29H2,1-3H3. The minimum atomic E-state index is -3.58. The molecule has 0 fully saturated rings. The van der Waals surface area contributed by atoms with Crippen molar-refractivity contribution in [3.63, 3.8) is 0 Å². The molecule has 2 aromatic carbocycles. The van der Waals surface area contributed by atoms with E-state index < -0.39 is 15.0 Å². The molecule has 8 nitrogen and oxygen atoms in total. The fraction of sp³-hybridized carbons (Fsp3) is 0.538. The van der Waals surface area contributed by atoms with Gasteiger partial charge in [0.25, 0.3) is 15.0 Å². The number of anilines is 2. The molecule has 0 radical (unpaired) electrons. The van der Waals surface area contributed by atoms with Gasteiger partial charge >= 0.3 is 0 Å². The predicted octanol–water partition coefficient (Wildman–Crippen LogP) is 7.29. The highest BCUT2D eigenvalue weighted by atomic mass is 35.5. The highest BCUT2D eigenvalue weighted by molar-refractivity contribution is 7.73. The van der Waals surface area contributed by atoms with Gasteiger partial charge in [0.1, 0.15) is 5.90 Å². The Bertz CT molecular complexity index is 1040. The van der Waals surface area contributed by atoms with E-state index in [2.05, 4.69) is 5.32 Å². The van der Waals surface area contributed by atoms with Crippen molar-refractivity contribution in [2.75, 3.05) is 62.9 Å². The number of rotatable bonds is 19. The molecule has 0 aromatic heterocycles. The van der Waals surface area contributed by atoms with E-state index in [1.807, 2.05) is 43.4 Å². The number of nitrogens with one attached hydrogen (secondary N) is 1. The molecule has 12 heteroatoms. The maximum absolute atomic E-state index is 14.5. The third-order valence-electron chi connectivity index (χ3n) is 6.22. The third kappa shape index (κ3) is 10.8. The number of benzene rings is 2. The van der Waals surface area contributed by atoms with Crippen LogP contribution >= 0.6 is 38.2 Å². The minimum absolute atomic E-state index is 0.0961. The number of unbranched alkanes of at least 4 members (excludes halogenated alkanes) is 2. The van der Waals surface area contributed by atoms with Gasteiger partial charge in [0.05, 0.1) is 13.2 Å². The second-order valence-electron chi connectivity index (χ2n) is 9.21. The lowest BCUT2D eigenvalue weighted by atomic mass is 10.2. The van der Waals surface area contributed by atoms with Gasteiger partial charge in [-0.25, -0.2) is 9.34 Å². The molecule has 38 heavy (non-hydrogen) atoms. The molecule has 2 unspecified atom stereocenters. The van der Waals surface area contributed by atoms with Crippen LogP contribution in [0.5, 0.6) is 0 Å². The summed E-state index contributed by atoms with van der Waals surface area (Å²) in [6.07, 6.45) is 3.04. The Morgan fingerprint density at radius 1 is 0.763 bits per heavy atom. The lowest BCUT2D eigenvalue weighted by Crippen LogP contribution is -2.25. The van der Waals surface area contributed by atoms with Crippen molar-refractivity contribution in [1.82, 2.24) is 9.34 Å². The van der Waals surface area contributed by atoms with Crippen molar-refractivity contribution in [2.24, 2.45) is 0 Å². The summed E-state index contributed by atoms with van der Waals surface area (Å²) in [5, 5.41) is 3.08. The maximum atomic E-state index is 14.5. The van der Waals surface area contributed by atoms with Gasteiger partial charge in [-0.1, -0.05) is 24.3 Å². The van der Waals surface area contributed by atoms with E-state index in [4.69, 9.17) is 38.0 Å². The fourth-order valence-electron chi connectivity index (χ4n) is 3.63. The molecule has 214 valence electrons. The predicted molar refractivity (Wildman–Crippen MR) is 162 cm³/mol. The van der Waals surface area contributed by atoms with Crippen molar-refractivity contribution < 1.29 is 18.2 Å². The number of nitrogens with zero attached hydrogens (tertiary/aromatic N) is 2. The zero-order valence-corrected chi connectivity index (χ0v) is 26.0. The SMILES string of the molecule is CNc1ccc(COP(=O)(CP(=O)(OCc2ccc(N)cc2)N(C)CCCCCl)N(C)CCCCCl)cc1. The molecule has 2 atom stereocenters. The summed E-state index contributed by atoms with van der Waals surface area (Å²) in [6, 6.07) is 14.9. The molecular formula is C26H42Cl2N4O4P2. The van der Waals surface area contributed by atoms with Crippen molar-refractivity contribution in [1.29, 1.82) is 0 Å². The molecule has 0 aliphatic heterocycles. The molecule has 0 bridgehead atoms. The van der Waals surface area contributed by atoms with E-state index in [-0.39, 0.29) is 19.1 Å². The van der Waals surface area contributed by atoms with Gasteiger partial charge in [-0.05, 0) is 75.2 Å². The molecule has 0 spiro atoms. The molecule has 0 heterocycles. The summed E-state index contributed by atoms with van der Waals surface area (Å²) >= 11 is 11.7. The van der Waals surface area contributed by atoms with Gasteiger partial charge in [0.2, 0.25) is 0 Å². The molecule has 0 saturated heterocycles. The van der Waals surface area contributed by atoms with Crippen LogP contribution in [0.15, 0.2) is 48.5 Å². The lowest BCUT2D eigenvalue weighted by molar-refractivity contribution is 0.248. The number of hydrogen-bond donors (Lipinski definition) is 2. The van der Waals surface area contributed by atoms with E-state index in [1.165, 1.54) is 0 Å². The Morgan fingerprint density at radius 2 is 1.18 bits per heavy atom. The van der Waals surface area contributed by atoms with Crippen molar-refractivity contribution in [2.45, 2.75) is 38.9 Å². The van der Waals surface area contributed by atoms with Crippen LogP contribution in [0.3, 0.4) is 0 Å². The molecule has 0 saturated carbocycles. The summed E-state index contributed by atoms with van der Waals surface area (Å²) in [6.45, 7) is 1.21. The number of nitrogens with two attached hydrogens (primary N) is 1. The van der Waals surface area contributed by atoms with E-state index in [9.17, 15) is 9.13 Å². The van der Waals surface area contributed by atoms with E-state index >= 15 is 0 Å². The first-order valence-electron chi connectivity index (χ1n) is 12.8. The van der Waals surface area contributed by atoms with Crippen molar-refractivity contribution in [3.8, 4) is 0 Å². The Hall–Kier alpha value is -1.08. The molecule has 0 amide bonds. The van der Waals surface area contributed by atoms with Crippen LogP contribution in [0, 0.1) is 0 Å². The normalized spacial score (nSPS) is 14.9. The molecule has 0 aliphatic carbocycles. The van der Waals surface area contributed by atoms with Crippen LogP contribution in [-0.4, -0.2) is 61.2 Å². The zero-order valence-electron chi connectivity index (χ0n) is 22.7. The Labute approximate surface area is 238 Å². The van der Waals surface area contributed by atoms with Crippen LogP contribution in [0.2, 0.25) is 0 Å². The maximum Gasteiger partial charge on any atom is 0.283 e. The number of nitrogen functional groups attached to an aromatic ring is 1. The third-order valence-corrected chi connectivity index (χ3v) is 13.2. The second kappa shape index (κ2) is 16.9. The summed E-state index contributed by atoms with van der Waals surface area (Å²) in [7, 11) is -1.83. The summed E-state index contributed by atoms with van der Waals surface area (Å²) in [4.78, 5) is 0. The van der Waals surface area contributed by atoms with Gasteiger partial charge < -0.3 is 20.1 Å². The largest absolute Gasteiger partial charge is 0.399 e. The number of alkyl halides is 2. The van der Waals surface area contributed by atoms with E-state index in [0.717, 1.165) is 42.5 Å². The van der Waals surface area contributed by atoms with Gasteiger partial charge in [-0.15, -0.1) is 23.2 Å². The van der Waals surface area contributed by atoms with Crippen LogP contribution in [0.25, 0.3) is 0 Å². The smallest absolute Gasteiger partial charge is 0.283 e. The number of hydrogen-bond acceptors (Lipinski definition) is 6. The molecular weight excluding hydrogens is 565 g/mol. The summed E-state index contributed by atoms with van der Waals surface area (Å²) in [5.74, 6) is 0.795. The molecule has 2 rings (SSSR count). The van der Waals surface area contributed by atoms with Crippen LogP contribution in [0.4, 0.5) is 11.4 Å². The minimum Gasteiger partial charge on any atom is -0.399 e. The first-order chi connectivity index (χ1) is 18.2. The monoisotopic (exact) mass is 606 g/mol. The van der Waals surface area contributed by atoms with E-state index in [1.54, 1.807) is 35.6 Å². The molecule has 0 aliphatic rings. The van der Waals surface area contributed by atoms with E-state index in [0.29, 0.717) is 30.5 Å². The molecule has 3 N–H and O–H groups in total. The van der Waals surface area contributed by atoms with Crippen LogP contribution < -0.4 is 11.1 Å². The Morgan fingerprint density at radius 3 is 1.58 bits per heavy atom.